The summed E-state index contributed by atoms with van der Waals surface area (Å²) in [5.74, 6) is 0. The van der Waals surface area contributed by atoms with E-state index in [-0.39, 0.29) is 0 Å². The number of anilines is 1. The molecule has 0 fully saturated rings. The summed E-state index contributed by atoms with van der Waals surface area (Å²) < 4.78 is 1.12. The highest BCUT2D eigenvalue weighted by Crippen LogP contribution is 2.21. The number of nitrogens with zero attached hydrogens (tertiary/aromatic N) is 1. The Balaban J connectivity index is 2.02. The lowest BCUT2D eigenvalue weighted by Crippen LogP contribution is -1.97. The van der Waals surface area contributed by atoms with E-state index in [1.54, 1.807) is 0 Å². The Morgan fingerprint density at radius 1 is 1.35 bits per heavy atom. The van der Waals surface area contributed by atoms with Crippen LogP contribution in [0.5, 0.6) is 0 Å². The molecule has 2 rings (SSSR count). The van der Waals surface area contributed by atoms with Gasteiger partial charge in [-0.1, -0.05) is 15.9 Å². The summed E-state index contributed by atoms with van der Waals surface area (Å²) in [6.07, 6.45) is 0. The van der Waals surface area contributed by atoms with Crippen molar-refractivity contribution in [2.75, 3.05) is 5.32 Å². The van der Waals surface area contributed by atoms with Gasteiger partial charge in [0.2, 0.25) is 0 Å². The maximum Gasteiger partial charge on any atom is 0.110 e. The van der Waals surface area contributed by atoms with Crippen LogP contribution in [0.15, 0.2) is 34.8 Å². The summed E-state index contributed by atoms with van der Waals surface area (Å²) >= 11 is 5.00. The van der Waals surface area contributed by atoms with Gasteiger partial charge in [-0.15, -0.1) is 11.3 Å². The highest BCUT2D eigenvalue weighted by atomic mass is 79.9. The number of nitriles is 1. The van der Waals surface area contributed by atoms with E-state index in [0.29, 0.717) is 0 Å². The van der Waals surface area contributed by atoms with Gasteiger partial charge >= 0.3 is 0 Å². The summed E-state index contributed by atoms with van der Waals surface area (Å²) in [5.41, 5.74) is 2.30. The van der Waals surface area contributed by atoms with Gasteiger partial charge in [-0.25, -0.2) is 0 Å². The fourth-order valence-electron chi connectivity index (χ4n) is 1.48. The highest BCUT2D eigenvalue weighted by molar-refractivity contribution is 9.10. The lowest BCUT2D eigenvalue weighted by atomic mass is 10.2. The van der Waals surface area contributed by atoms with E-state index in [1.807, 2.05) is 24.3 Å². The van der Waals surface area contributed by atoms with Gasteiger partial charge in [0, 0.05) is 21.6 Å². The average molecular weight is 307 g/mol. The van der Waals surface area contributed by atoms with Crippen molar-refractivity contribution in [1.82, 2.24) is 0 Å². The van der Waals surface area contributed by atoms with E-state index < -0.39 is 0 Å². The maximum atomic E-state index is 8.74. The molecule has 17 heavy (non-hydrogen) atoms. The zero-order valence-corrected chi connectivity index (χ0v) is 11.7. The number of benzene rings is 1. The fraction of sp³-hybridized carbons (Fsp3) is 0.154. The van der Waals surface area contributed by atoms with Gasteiger partial charge in [0.05, 0.1) is 0 Å². The van der Waals surface area contributed by atoms with Crippen molar-refractivity contribution >= 4 is 33.0 Å². The smallest absolute Gasteiger partial charge is 0.110 e. The molecule has 86 valence electrons. The molecule has 0 aliphatic carbocycles. The molecule has 0 spiro atoms. The number of thiophene rings is 1. The molecule has 0 aliphatic rings. The van der Waals surface area contributed by atoms with Crippen LogP contribution in [0.25, 0.3) is 0 Å². The monoisotopic (exact) mass is 306 g/mol. The number of rotatable bonds is 3. The Labute approximate surface area is 113 Å². The molecule has 4 heteroatoms. The average Bonchev–Trinajstić information content (AvgIpc) is 2.79. The highest BCUT2D eigenvalue weighted by Gasteiger charge is 2.00. The van der Waals surface area contributed by atoms with Crippen molar-refractivity contribution in [3.05, 3.63) is 50.1 Å². The topological polar surface area (TPSA) is 35.8 Å². The summed E-state index contributed by atoms with van der Waals surface area (Å²) in [6, 6.07) is 12.2. The standard InChI is InChI=1S/C13H11BrN2S/c1-9-6-10(2-5-13(9)14)16-8-12-4-3-11(7-15)17-12/h2-6,16H,8H2,1H3. The number of hydrogen-bond donors (Lipinski definition) is 1. The second-order valence-corrected chi connectivity index (χ2v) is 5.72. The van der Waals surface area contributed by atoms with E-state index in [0.717, 1.165) is 21.6 Å². The largest absolute Gasteiger partial charge is 0.380 e. The Morgan fingerprint density at radius 2 is 2.18 bits per heavy atom. The second-order valence-electron chi connectivity index (χ2n) is 3.70. The third kappa shape index (κ3) is 3.09. The number of nitrogens with one attached hydrogen (secondary N) is 1. The van der Waals surface area contributed by atoms with E-state index in [2.05, 4.69) is 40.3 Å². The molecule has 1 aromatic carbocycles. The first kappa shape index (κ1) is 12.2. The van der Waals surface area contributed by atoms with Crippen LogP contribution in [0, 0.1) is 18.3 Å². The molecule has 0 amide bonds. The minimum atomic E-state index is 0.757. The van der Waals surface area contributed by atoms with Gasteiger partial charge in [0.15, 0.2) is 0 Å². The van der Waals surface area contributed by atoms with Crippen molar-refractivity contribution in [3.8, 4) is 6.07 Å². The number of aryl methyl sites for hydroxylation is 1. The van der Waals surface area contributed by atoms with Gasteiger partial charge in [-0.3, -0.25) is 0 Å². The Hall–Kier alpha value is -1.31. The molecule has 1 aromatic heterocycles. The van der Waals surface area contributed by atoms with Crippen LogP contribution in [-0.4, -0.2) is 0 Å². The van der Waals surface area contributed by atoms with Crippen molar-refractivity contribution in [2.24, 2.45) is 0 Å². The minimum Gasteiger partial charge on any atom is -0.380 e. The Kier molecular flexibility index (Phi) is 3.82. The molecular weight excluding hydrogens is 296 g/mol. The van der Waals surface area contributed by atoms with Crippen molar-refractivity contribution < 1.29 is 0 Å². The van der Waals surface area contributed by atoms with Crippen LogP contribution < -0.4 is 5.32 Å². The van der Waals surface area contributed by atoms with Crippen LogP contribution in [0.1, 0.15) is 15.3 Å². The zero-order chi connectivity index (χ0) is 12.3. The van der Waals surface area contributed by atoms with Crippen molar-refractivity contribution in [1.29, 1.82) is 5.26 Å². The Bertz CT molecular complexity index is 569. The molecule has 0 unspecified atom stereocenters. The summed E-state index contributed by atoms with van der Waals surface area (Å²) in [4.78, 5) is 1.93. The third-order valence-electron chi connectivity index (χ3n) is 2.40. The van der Waals surface area contributed by atoms with E-state index in [9.17, 15) is 0 Å². The van der Waals surface area contributed by atoms with Gasteiger partial charge in [0.25, 0.3) is 0 Å². The normalized spacial score (nSPS) is 9.94. The SMILES string of the molecule is Cc1cc(NCc2ccc(C#N)s2)ccc1Br. The molecule has 0 bridgehead atoms. The van der Waals surface area contributed by atoms with E-state index >= 15 is 0 Å². The third-order valence-corrected chi connectivity index (χ3v) is 4.28. The van der Waals surface area contributed by atoms with E-state index in [4.69, 9.17) is 5.26 Å². The summed E-state index contributed by atoms with van der Waals surface area (Å²) in [7, 11) is 0. The predicted molar refractivity (Wildman–Crippen MR) is 75.2 cm³/mol. The predicted octanol–water partition coefficient (Wildman–Crippen LogP) is 4.30. The van der Waals surface area contributed by atoms with Gasteiger partial charge in [0.1, 0.15) is 10.9 Å². The molecule has 0 saturated heterocycles. The molecular formula is C13H11BrN2S. The second kappa shape index (κ2) is 5.35. The molecule has 0 radical (unpaired) electrons. The van der Waals surface area contributed by atoms with Crippen LogP contribution in [-0.2, 0) is 6.54 Å². The van der Waals surface area contributed by atoms with Gasteiger partial charge < -0.3 is 5.32 Å². The molecule has 0 atom stereocenters. The van der Waals surface area contributed by atoms with E-state index in [1.165, 1.54) is 21.8 Å². The lowest BCUT2D eigenvalue weighted by molar-refractivity contribution is 1.19. The minimum absolute atomic E-state index is 0.757. The first-order valence-electron chi connectivity index (χ1n) is 5.18. The van der Waals surface area contributed by atoms with Gasteiger partial charge in [-0.2, -0.15) is 5.26 Å². The van der Waals surface area contributed by atoms with Crippen LogP contribution in [0.2, 0.25) is 0 Å². The van der Waals surface area contributed by atoms with Crippen molar-refractivity contribution in [2.45, 2.75) is 13.5 Å². The number of halogens is 1. The molecule has 2 aromatic rings. The molecule has 0 aliphatic heterocycles. The molecule has 1 heterocycles. The first-order valence-corrected chi connectivity index (χ1v) is 6.79. The van der Waals surface area contributed by atoms with Crippen molar-refractivity contribution in [3.63, 3.8) is 0 Å². The summed E-state index contributed by atoms with van der Waals surface area (Å²) in [5, 5.41) is 12.1. The maximum absolute atomic E-state index is 8.74. The van der Waals surface area contributed by atoms with Gasteiger partial charge in [-0.05, 0) is 42.8 Å². The number of hydrogen-bond acceptors (Lipinski definition) is 3. The first-order chi connectivity index (χ1) is 8.19. The quantitative estimate of drug-likeness (QED) is 0.917. The summed E-state index contributed by atoms with van der Waals surface area (Å²) in [6.45, 7) is 2.82. The molecule has 0 saturated carbocycles. The lowest BCUT2D eigenvalue weighted by Gasteiger charge is -2.06. The van der Waals surface area contributed by atoms with Crippen LogP contribution in [0.4, 0.5) is 5.69 Å². The molecule has 1 N–H and O–H groups in total. The molecule has 2 nitrogen and oxygen atoms in total. The van der Waals surface area contributed by atoms with Crippen LogP contribution >= 0.6 is 27.3 Å². The van der Waals surface area contributed by atoms with Crippen LogP contribution in [0.3, 0.4) is 0 Å². The fourth-order valence-corrected chi connectivity index (χ4v) is 2.47. The Morgan fingerprint density at radius 3 is 2.82 bits per heavy atom. The zero-order valence-electron chi connectivity index (χ0n) is 9.33.